The SMILES string of the molecule is CCC1=CN(Cc2ccccc2)CC=C1. The number of rotatable bonds is 3. The van der Waals surface area contributed by atoms with E-state index in [2.05, 4.69) is 60.5 Å². The van der Waals surface area contributed by atoms with Crippen LogP contribution in [-0.4, -0.2) is 11.4 Å². The fourth-order valence-corrected chi connectivity index (χ4v) is 1.81. The molecule has 0 fully saturated rings. The van der Waals surface area contributed by atoms with E-state index in [4.69, 9.17) is 0 Å². The van der Waals surface area contributed by atoms with Crippen LogP contribution in [0, 0.1) is 0 Å². The van der Waals surface area contributed by atoms with Gasteiger partial charge in [-0.1, -0.05) is 49.4 Å². The third-order valence-electron chi connectivity index (χ3n) is 2.66. The highest BCUT2D eigenvalue weighted by Crippen LogP contribution is 2.13. The van der Waals surface area contributed by atoms with Gasteiger partial charge in [0.05, 0.1) is 0 Å². The van der Waals surface area contributed by atoms with E-state index in [1.54, 1.807) is 0 Å². The van der Waals surface area contributed by atoms with E-state index in [-0.39, 0.29) is 0 Å². The van der Waals surface area contributed by atoms with Crippen molar-refractivity contribution >= 4 is 0 Å². The standard InChI is InChI=1S/C14H17N/c1-2-13-9-6-10-15(11-13)12-14-7-4-3-5-8-14/h3-9,11H,2,10,12H2,1H3. The van der Waals surface area contributed by atoms with E-state index in [0.717, 1.165) is 19.5 Å². The van der Waals surface area contributed by atoms with Crippen LogP contribution in [0.5, 0.6) is 0 Å². The second kappa shape index (κ2) is 4.83. The molecule has 0 radical (unpaired) electrons. The molecule has 78 valence electrons. The van der Waals surface area contributed by atoms with Gasteiger partial charge < -0.3 is 4.90 Å². The summed E-state index contributed by atoms with van der Waals surface area (Å²) in [6, 6.07) is 10.6. The van der Waals surface area contributed by atoms with Gasteiger partial charge in [0.25, 0.3) is 0 Å². The van der Waals surface area contributed by atoms with Gasteiger partial charge in [-0.3, -0.25) is 0 Å². The van der Waals surface area contributed by atoms with E-state index >= 15 is 0 Å². The van der Waals surface area contributed by atoms with Crippen LogP contribution in [0.2, 0.25) is 0 Å². The van der Waals surface area contributed by atoms with E-state index in [9.17, 15) is 0 Å². The normalized spacial score (nSPS) is 15.3. The zero-order valence-electron chi connectivity index (χ0n) is 9.19. The molecule has 2 rings (SSSR count). The van der Waals surface area contributed by atoms with Crippen LogP contribution in [0.25, 0.3) is 0 Å². The van der Waals surface area contributed by atoms with Gasteiger partial charge in [0.15, 0.2) is 0 Å². The number of hydrogen-bond donors (Lipinski definition) is 0. The van der Waals surface area contributed by atoms with E-state index < -0.39 is 0 Å². The maximum absolute atomic E-state index is 2.36. The van der Waals surface area contributed by atoms with Crippen molar-refractivity contribution in [3.63, 3.8) is 0 Å². The summed E-state index contributed by atoms with van der Waals surface area (Å²) in [6.07, 6.45) is 7.85. The van der Waals surface area contributed by atoms with Crippen molar-refractivity contribution in [2.45, 2.75) is 19.9 Å². The van der Waals surface area contributed by atoms with Crippen LogP contribution in [0.3, 0.4) is 0 Å². The highest BCUT2D eigenvalue weighted by atomic mass is 15.1. The van der Waals surface area contributed by atoms with Crippen molar-refractivity contribution < 1.29 is 0 Å². The second-order valence-electron chi connectivity index (χ2n) is 3.87. The Morgan fingerprint density at radius 1 is 1.20 bits per heavy atom. The molecule has 1 heteroatoms. The van der Waals surface area contributed by atoms with Crippen molar-refractivity contribution in [1.82, 2.24) is 4.90 Å². The van der Waals surface area contributed by atoms with Gasteiger partial charge in [-0.15, -0.1) is 0 Å². The number of nitrogens with zero attached hydrogens (tertiary/aromatic N) is 1. The molecule has 0 N–H and O–H groups in total. The average molecular weight is 199 g/mol. The Balaban J connectivity index is 2.02. The predicted molar refractivity (Wildman–Crippen MR) is 64.4 cm³/mol. The summed E-state index contributed by atoms with van der Waals surface area (Å²) in [5.41, 5.74) is 2.79. The fourth-order valence-electron chi connectivity index (χ4n) is 1.81. The first-order chi connectivity index (χ1) is 7.38. The molecular weight excluding hydrogens is 182 g/mol. The molecule has 0 aliphatic carbocycles. The molecule has 0 atom stereocenters. The summed E-state index contributed by atoms with van der Waals surface area (Å²) in [5.74, 6) is 0. The smallest absolute Gasteiger partial charge is 0.0427 e. The summed E-state index contributed by atoms with van der Waals surface area (Å²) in [7, 11) is 0. The molecule has 0 aromatic heterocycles. The van der Waals surface area contributed by atoms with Gasteiger partial charge in [0.1, 0.15) is 0 Å². The summed E-state index contributed by atoms with van der Waals surface area (Å²) >= 11 is 0. The number of hydrogen-bond acceptors (Lipinski definition) is 1. The molecule has 15 heavy (non-hydrogen) atoms. The summed E-state index contributed by atoms with van der Waals surface area (Å²) in [5, 5.41) is 0. The molecule has 1 nitrogen and oxygen atoms in total. The van der Waals surface area contributed by atoms with Crippen LogP contribution in [0.15, 0.2) is 54.3 Å². The maximum Gasteiger partial charge on any atom is 0.0427 e. The Hall–Kier alpha value is -1.50. The van der Waals surface area contributed by atoms with Crippen LogP contribution in [-0.2, 0) is 6.54 Å². The predicted octanol–water partition coefficient (Wildman–Crippen LogP) is 3.35. The Kier molecular flexibility index (Phi) is 3.23. The molecule has 1 heterocycles. The van der Waals surface area contributed by atoms with Crippen molar-refractivity contribution in [3.05, 3.63) is 59.8 Å². The van der Waals surface area contributed by atoms with Crippen LogP contribution < -0.4 is 0 Å². The first kappa shape index (κ1) is 10.0. The molecule has 0 saturated heterocycles. The van der Waals surface area contributed by atoms with E-state index in [0.29, 0.717) is 0 Å². The van der Waals surface area contributed by atoms with Crippen LogP contribution in [0.4, 0.5) is 0 Å². The number of allylic oxidation sites excluding steroid dienone is 2. The molecule has 0 saturated carbocycles. The zero-order valence-corrected chi connectivity index (χ0v) is 9.19. The van der Waals surface area contributed by atoms with Gasteiger partial charge in [-0.25, -0.2) is 0 Å². The van der Waals surface area contributed by atoms with E-state index in [1.165, 1.54) is 11.1 Å². The Bertz CT molecular complexity index is 362. The van der Waals surface area contributed by atoms with E-state index in [1.807, 2.05) is 0 Å². The first-order valence-corrected chi connectivity index (χ1v) is 5.53. The second-order valence-corrected chi connectivity index (χ2v) is 3.87. The lowest BCUT2D eigenvalue weighted by atomic mass is 10.1. The van der Waals surface area contributed by atoms with Gasteiger partial charge in [0.2, 0.25) is 0 Å². The molecule has 1 aliphatic heterocycles. The first-order valence-electron chi connectivity index (χ1n) is 5.53. The van der Waals surface area contributed by atoms with Crippen molar-refractivity contribution in [2.24, 2.45) is 0 Å². The van der Waals surface area contributed by atoms with Gasteiger partial charge in [-0.2, -0.15) is 0 Å². The summed E-state index contributed by atoms with van der Waals surface area (Å²) in [6.45, 7) is 4.23. The third kappa shape index (κ3) is 2.72. The van der Waals surface area contributed by atoms with Gasteiger partial charge in [-0.05, 0) is 17.6 Å². The molecule has 0 amide bonds. The molecule has 0 unspecified atom stereocenters. The molecule has 0 bridgehead atoms. The lowest BCUT2D eigenvalue weighted by Crippen LogP contribution is -2.19. The average Bonchev–Trinajstić information content (AvgIpc) is 2.31. The van der Waals surface area contributed by atoms with Crippen molar-refractivity contribution in [3.8, 4) is 0 Å². The maximum atomic E-state index is 2.36. The minimum absolute atomic E-state index is 1.01. The van der Waals surface area contributed by atoms with Crippen molar-refractivity contribution in [1.29, 1.82) is 0 Å². The fraction of sp³-hybridized carbons (Fsp3) is 0.286. The lowest BCUT2D eigenvalue weighted by Gasteiger charge is -2.23. The summed E-state index contributed by atoms with van der Waals surface area (Å²) in [4.78, 5) is 2.36. The molecule has 0 spiro atoms. The lowest BCUT2D eigenvalue weighted by molar-refractivity contribution is 0.401. The van der Waals surface area contributed by atoms with Gasteiger partial charge in [0, 0.05) is 19.3 Å². The summed E-state index contributed by atoms with van der Waals surface area (Å²) < 4.78 is 0. The third-order valence-corrected chi connectivity index (χ3v) is 2.66. The molecule has 1 aliphatic rings. The Morgan fingerprint density at radius 2 is 2.00 bits per heavy atom. The highest BCUT2D eigenvalue weighted by molar-refractivity contribution is 5.23. The topological polar surface area (TPSA) is 3.24 Å². The molecule has 1 aromatic rings. The van der Waals surface area contributed by atoms with Crippen LogP contribution >= 0.6 is 0 Å². The minimum atomic E-state index is 1.01. The highest BCUT2D eigenvalue weighted by Gasteiger charge is 2.04. The van der Waals surface area contributed by atoms with Crippen LogP contribution in [0.1, 0.15) is 18.9 Å². The Labute approximate surface area is 91.7 Å². The monoisotopic (exact) mass is 199 g/mol. The zero-order chi connectivity index (χ0) is 10.5. The molecule has 1 aromatic carbocycles. The van der Waals surface area contributed by atoms with Gasteiger partial charge >= 0.3 is 0 Å². The minimum Gasteiger partial charge on any atom is -0.369 e. The molecular formula is C14H17N. The number of benzene rings is 1. The Morgan fingerprint density at radius 3 is 2.73 bits per heavy atom. The quantitative estimate of drug-likeness (QED) is 0.721. The van der Waals surface area contributed by atoms with Crippen molar-refractivity contribution in [2.75, 3.05) is 6.54 Å². The largest absolute Gasteiger partial charge is 0.369 e.